The third kappa shape index (κ3) is 9.97. The number of aromatic hydroxyl groups is 2. The molecule has 6 aliphatic heterocycles. The minimum absolute atomic E-state index is 0.0207. The first kappa shape index (κ1) is 58.2. The maximum absolute atomic E-state index is 17.8. The van der Waals surface area contributed by atoms with E-state index in [2.05, 4.69) is 45.4 Å². The van der Waals surface area contributed by atoms with Gasteiger partial charge in [0, 0.05) is 67.8 Å². The van der Waals surface area contributed by atoms with Crippen molar-refractivity contribution in [2.45, 2.75) is 107 Å². The molecule has 0 aliphatic carbocycles. The molecule has 6 saturated heterocycles. The number of ether oxygens (including phenoxy) is 4. The van der Waals surface area contributed by atoms with Gasteiger partial charge in [0.05, 0.1) is 66.5 Å². The summed E-state index contributed by atoms with van der Waals surface area (Å²) < 4.78 is 124. The van der Waals surface area contributed by atoms with Crippen molar-refractivity contribution in [3.05, 3.63) is 94.8 Å². The highest BCUT2D eigenvalue weighted by Crippen LogP contribution is 2.53. The lowest BCUT2D eigenvalue weighted by atomic mass is 9.88. The Morgan fingerprint density at radius 2 is 1.22 bits per heavy atom. The lowest BCUT2D eigenvalue weighted by molar-refractivity contribution is 0.0831. The zero-order valence-electron chi connectivity index (χ0n) is 48.4. The number of aryl methyl sites for hydroxylation is 2. The van der Waals surface area contributed by atoms with Crippen molar-refractivity contribution in [1.82, 2.24) is 39.7 Å². The molecule has 1 unspecified atom stereocenters. The number of nitrogens with one attached hydrogen (secondary N) is 2. The van der Waals surface area contributed by atoms with Crippen molar-refractivity contribution in [1.29, 1.82) is 0 Å². The predicted octanol–water partition coefficient (Wildman–Crippen LogP) is 9.59. The van der Waals surface area contributed by atoms with E-state index in [0.29, 0.717) is 48.7 Å². The van der Waals surface area contributed by atoms with E-state index in [-0.39, 0.29) is 198 Å². The van der Waals surface area contributed by atoms with Gasteiger partial charge in [-0.2, -0.15) is 19.9 Å². The number of aromatic nitrogens is 6. The topological polar surface area (TPSA) is 226 Å². The number of fused-ring (bicyclic) bond motifs is 6. The standard InChI is InChI=1S/C64H66F6N10O8/c1-3-37-45(66)8-7-31-13-35(81)15-41(50(31)37)54-52(69)56-43(22-71-54)60(74-21-33-26-86-28-49(33)84)78-62(76-56)88-30-64-10-6-12-80(64)58(47(68)19-64)40-17-46(67)38(4-2)51-39(40)14-36(82)16-42(51)55-53(70)57-44(23-72-55)59(73-20-32-25-85-27-48(32)83)77-61(75-57)87-29-63-9-5-11-79(63)24-34(65)18-63/h7-8,13-17,22-23,32-34,47-49,58,81-84H,3-6,9-12,18-21,24-30H2,1-2H3,(H,73,75,77)(H,74,76,78)/t32-,33+,34-,47-,48+,49-,58?,63+,64+/m1/s1. The van der Waals surface area contributed by atoms with Gasteiger partial charge in [-0.15, -0.1) is 0 Å². The number of phenolic OH excluding ortho intramolecular Hbond substituents is 2. The number of nitrogens with zero attached hydrogens (tertiary/aromatic N) is 8. The van der Waals surface area contributed by atoms with Gasteiger partial charge < -0.3 is 50.0 Å². The van der Waals surface area contributed by atoms with Crippen LogP contribution in [0.4, 0.5) is 38.0 Å². The average molecular weight is 1220 g/mol. The Kier molecular flexibility index (Phi) is 15.1. The third-order valence-corrected chi connectivity index (χ3v) is 19.3. The minimum atomic E-state index is -1.63. The van der Waals surface area contributed by atoms with Gasteiger partial charge in [-0.25, -0.2) is 26.3 Å². The molecule has 8 aromatic rings. The van der Waals surface area contributed by atoms with Crippen LogP contribution in [0.3, 0.4) is 0 Å². The molecule has 6 N–H and O–H groups in total. The number of rotatable bonds is 17. The summed E-state index contributed by atoms with van der Waals surface area (Å²) in [4.78, 5) is 31.6. The molecule has 6 aliphatic rings. The first-order valence-electron chi connectivity index (χ1n) is 30.2. The smallest absolute Gasteiger partial charge is 0.319 e. The van der Waals surface area contributed by atoms with Gasteiger partial charge >= 0.3 is 12.0 Å². The molecule has 9 atom stereocenters. The van der Waals surface area contributed by atoms with Crippen molar-refractivity contribution in [3.8, 4) is 46.0 Å². The van der Waals surface area contributed by atoms with Crippen LogP contribution in [-0.4, -0.2) is 168 Å². The highest BCUT2D eigenvalue weighted by molar-refractivity contribution is 6.04. The number of phenols is 2. The van der Waals surface area contributed by atoms with E-state index in [1.807, 2.05) is 4.90 Å². The SMILES string of the molecule is CCc1c(F)ccc2cc(O)cc(-c3ncc4c(NC[C@H]5COC[C@H]5O)nc(OC[C@@]56CCCN5C(c5cc(F)c(CC)c7c(-c8ncc9c(NC[C@@H]%10COC[C@@H]%10O)nc(OC[C@@]%10%11CCCN%10C[C@H](F)C%11)nc9c8F)cc(O)cc57)[C@H](F)C6)nc4c3F)c12. The number of aliphatic hydroxyl groups is 2. The molecule has 0 amide bonds. The number of benzene rings is 4. The van der Waals surface area contributed by atoms with E-state index in [1.165, 1.54) is 54.9 Å². The van der Waals surface area contributed by atoms with Crippen molar-refractivity contribution in [2.24, 2.45) is 11.8 Å². The number of alkyl halides is 2. The molecule has 0 spiro atoms. The van der Waals surface area contributed by atoms with Crippen LogP contribution in [0.15, 0.2) is 54.9 Å². The predicted molar refractivity (Wildman–Crippen MR) is 315 cm³/mol. The number of hydrogen-bond donors (Lipinski definition) is 6. The van der Waals surface area contributed by atoms with Gasteiger partial charge in [-0.1, -0.05) is 19.9 Å². The molecule has 18 nitrogen and oxygen atoms in total. The zero-order chi connectivity index (χ0) is 60.9. The van der Waals surface area contributed by atoms with Crippen molar-refractivity contribution in [3.63, 3.8) is 0 Å². The molecule has 6 fully saturated rings. The van der Waals surface area contributed by atoms with E-state index in [4.69, 9.17) is 18.9 Å². The molecule has 0 saturated carbocycles. The number of halogens is 6. The number of hydrogen-bond acceptors (Lipinski definition) is 18. The monoisotopic (exact) mass is 1220 g/mol. The maximum atomic E-state index is 17.8. The second-order valence-corrected chi connectivity index (χ2v) is 24.6. The van der Waals surface area contributed by atoms with Gasteiger partial charge in [0.1, 0.15) is 82.7 Å². The Morgan fingerprint density at radius 1 is 0.648 bits per heavy atom. The Balaban J connectivity index is 0.820. The highest BCUT2D eigenvalue weighted by atomic mass is 19.2. The fourth-order valence-corrected chi connectivity index (χ4v) is 15.0. The highest BCUT2D eigenvalue weighted by Gasteiger charge is 2.56. The number of anilines is 2. The van der Waals surface area contributed by atoms with Crippen LogP contribution in [0.1, 0.15) is 75.1 Å². The van der Waals surface area contributed by atoms with E-state index < -0.39 is 64.9 Å². The van der Waals surface area contributed by atoms with Crippen LogP contribution in [0.5, 0.6) is 23.5 Å². The van der Waals surface area contributed by atoms with Crippen LogP contribution in [0, 0.1) is 35.1 Å². The summed E-state index contributed by atoms with van der Waals surface area (Å²) in [5.41, 5.74) is -1.75. The van der Waals surface area contributed by atoms with Gasteiger partial charge in [-0.3, -0.25) is 19.8 Å². The third-order valence-electron chi connectivity index (χ3n) is 19.3. The normalized spacial score (nSPS) is 26.3. The Morgan fingerprint density at radius 3 is 1.82 bits per heavy atom. The maximum Gasteiger partial charge on any atom is 0.319 e. The molecule has 14 rings (SSSR count). The second kappa shape index (κ2) is 22.8. The largest absolute Gasteiger partial charge is 0.508 e. The molecule has 0 bridgehead atoms. The van der Waals surface area contributed by atoms with E-state index in [1.54, 1.807) is 13.8 Å². The van der Waals surface area contributed by atoms with Crippen molar-refractivity contribution in [2.75, 3.05) is 83.0 Å². The van der Waals surface area contributed by atoms with E-state index in [0.717, 1.165) is 6.42 Å². The molecule has 10 heterocycles. The quantitative estimate of drug-likeness (QED) is 0.0467. The fraction of sp³-hybridized carbons (Fsp3) is 0.469. The van der Waals surface area contributed by atoms with Crippen LogP contribution < -0.4 is 20.1 Å². The summed E-state index contributed by atoms with van der Waals surface area (Å²) in [6, 6.07) is 8.00. The fourth-order valence-electron chi connectivity index (χ4n) is 15.0. The molecule has 0 radical (unpaired) electrons. The molecule has 4 aromatic heterocycles. The molecule has 24 heteroatoms. The van der Waals surface area contributed by atoms with E-state index in [9.17, 15) is 24.8 Å². The van der Waals surface area contributed by atoms with Gasteiger partial charge in [0.15, 0.2) is 11.6 Å². The van der Waals surface area contributed by atoms with Crippen molar-refractivity contribution < 1.29 is 65.7 Å². The van der Waals surface area contributed by atoms with E-state index >= 15 is 22.0 Å². The minimum Gasteiger partial charge on any atom is -0.508 e. The van der Waals surface area contributed by atoms with Gasteiger partial charge in [-0.05, 0) is 126 Å². The van der Waals surface area contributed by atoms with Gasteiger partial charge in [0.25, 0.3) is 0 Å². The van der Waals surface area contributed by atoms with Crippen LogP contribution in [0.2, 0.25) is 0 Å². The lowest BCUT2D eigenvalue weighted by Crippen LogP contribution is -2.44. The average Bonchev–Trinajstić information content (AvgIpc) is 1.47. The van der Waals surface area contributed by atoms with Crippen LogP contribution >= 0.6 is 0 Å². The summed E-state index contributed by atoms with van der Waals surface area (Å²) in [7, 11) is 0. The van der Waals surface area contributed by atoms with Crippen LogP contribution in [-0.2, 0) is 22.3 Å². The molecule has 462 valence electrons. The first-order chi connectivity index (χ1) is 42.5. The first-order valence-corrected chi connectivity index (χ1v) is 30.2. The Labute approximate surface area is 501 Å². The molecule has 4 aromatic carbocycles. The Hall–Kier alpha value is -7.48. The summed E-state index contributed by atoms with van der Waals surface area (Å²) in [6.45, 7) is 5.87. The zero-order valence-corrected chi connectivity index (χ0v) is 48.4. The van der Waals surface area contributed by atoms with Crippen LogP contribution in [0.25, 0.3) is 65.9 Å². The second-order valence-electron chi connectivity index (χ2n) is 24.6. The van der Waals surface area contributed by atoms with Gasteiger partial charge in [0.2, 0.25) is 0 Å². The summed E-state index contributed by atoms with van der Waals surface area (Å²) in [5.74, 6) is -3.96. The van der Waals surface area contributed by atoms with Crippen molar-refractivity contribution >= 4 is 55.0 Å². The summed E-state index contributed by atoms with van der Waals surface area (Å²) in [5, 5.41) is 51.8. The Bertz CT molecular complexity index is 4080. The number of aliphatic hydroxyl groups excluding tert-OH is 2. The molecule has 88 heavy (non-hydrogen) atoms. The summed E-state index contributed by atoms with van der Waals surface area (Å²) >= 11 is 0. The number of pyridine rings is 2. The summed E-state index contributed by atoms with van der Waals surface area (Å²) in [6.07, 6.45) is 1.67. The molecular formula is C64H66F6N10O8. The molecular weight excluding hydrogens is 1150 g/mol. The lowest BCUT2D eigenvalue weighted by Gasteiger charge is -2.35.